The van der Waals surface area contributed by atoms with Gasteiger partial charge in [-0.2, -0.15) is 0 Å². The van der Waals surface area contributed by atoms with Gasteiger partial charge >= 0.3 is 0 Å². The van der Waals surface area contributed by atoms with E-state index in [1.807, 2.05) is 14.1 Å². The van der Waals surface area contributed by atoms with Crippen molar-refractivity contribution >= 4 is 5.97 Å². The first-order chi connectivity index (χ1) is 5.41. The van der Waals surface area contributed by atoms with E-state index in [0.717, 1.165) is 13.5 Å². The molecule has 74 valence electrons. The van der Waals surface area contributed by atoms with Crippen LogP contribution in [-0.2, 0) is 4.79 Å². The number of rotatable bonds is 3. The third kappa shape index (κ3) is 16.2. The first-order valence-corrected chi connectivity index (χ1v) is 3.70. The molecule has 0 rings (SSSR count). The predicted octanol–water partition coefficient (Wildman–Crippen LogP) is -3.76. The summed E-state index contributed by atoms with van der Waals surface area (Å²) in [6, 6.07) is 0. The third-order valence-corrected chi connectivity index (χ3v) is 0.953. The molecule has 3 N–H and O–H groups in total. The van der Waals surface area contributed by atoms with Crippen LogP contribution in [-0.4, -0.2) is 49.5 Å². The van der Waals surface area contributed by atoms with Crippen LogP contribution in [0.4, 0.5) is 0 Å². The zero-order chi connectivity index (χ0) is 10.1. The van der Waals surface area contributed by atoms with Crippen LogP contribution in [0.25, 0.3) is 0 Å². The maximum Gasteiger partial charge on any atom is 0.100 e. The van der Waals surface area contributed by atoms with E-state index in [2.05, 4.69) is 0 Å². The number of likely N-dealkylation sites (N-methyl/N-ethyl adjacent to an activating group) is 1. The number of aliphatic carboxylic acids is 1. The second-order valence-corrected chi connectivity index (χ2v) is 2.68. The van der Waals surface area contributed by atoms with Crippen LogP contribution < -0.4 is 10.0 Å². The lowest BCUT2D eigenvalue weighted by molar-refractivity contribution is -0.858. The number of carbonyl (C=O) groups is 1. The molecule has 0 radical (unpaired) electrons. The molecule has 0 heterocycles. The largest absolute Gasteiger partial charge is 0.547 e. The van der Waals surface area contributed by atoms with Crippen LogP contribution in [0, 0.1) is 0 Å². The average molecular weight is 179 g/mol. The number of carboxylic acid groups (broad SMARTS) is 1. The molecule has 1 atom stereocenters. The van der Waals surface area contributed by atoms with Crippen LogP contribution in [0.3, 0.4) is 0 Å². The molecule has 0 aliphatic heterocycles. The molecule has 5 heteroatoms. The molecule has 0 spiro atoms. The van der Waals surface area contributed by atoms with E-state index in [0.29, 0.717) is 6.61 Å². The molecular formula is C7H17NO4. The molecule has 0 amide bonds. The van der Waals surface area contributed by atoms with Gasteiger partial charge in [-0.25, -0.2) is 0 Å². The van der Waals surface area contributed by atoms with Gasteiger partial charge in [0, 0.05) is 0 Å². The van der Waals surface area contributed by atoms with Gasteiger partial charge in [0.25, 0.3) is 0 Å². The summed E-state index contributed by atoms with van der Waals surface area (Å²) in [6.45, 7) is 2.28. The second-order valence-electron chi connectivity index (χ2n) is 2.68. The molecule has 0 saturated heterocycles. The molecule has 0 fully saturated rings. The summed E-state index contributed by atoms with van der Waals surface area (Å²) in [5.41, 5.74) is 0. The normalized spacial score (nSPS) is 11.8. The number of quaternary nitrogens is 1. The molecule has 12 heavy (non-hydrogen) atoms. The summed E-state index contributed by atoms with van der Waals surface area (Å²) >= 11 is 0. The molecular weight excluding hydrogens is 162 g/mol. The van der Waals surface area contributed by atoms with E-state index in [4.69, 9.17) is 10.2 Å². The summed E-state index contributed by atoms with van der Waals surface area (Å²) in [5.74, 6) is -1.44. The zero-order valence-corrected chi connectivity index (χ0v) is 7.70. The van der Waals surface area contributed by atoms with Crippen LogP contribution in [0.2, 0.25) is 0 Å². The van der Waals surface area contributed by atoms with Crippen molar-refractivity contribution in [1.29, 1.82) is 0 Å². The van der Waals surface area contributed by atoms with Gasteiger partial charge in [-0.1, -0.05) is 0 Å². The Balaban J connectivity index is 0. The molecule has 5 nitrogen and oxygen atoms in total. The Labute approximate surface area is 72.2 Å². The maximum atomic E-state index is 9.34. The highest BCUT2D eigenvalue weighted by molar-refractivity contribution is 5.68. The Kier molecular flexibility index (Phi) is 9.79. The number of aliphatic hydroxyl groups is 2. The van der Waals surface area contributed by atoms with Gasteiger partial charge in [-0.3, -0.25) is 0 Å². The minimum absolute atomic E-state index is 0.294. The second kappa shape index (κ2) is 8.45. The summed E-state index contributed by atoms with van der Waals surface area (Å²) in [5, 5.41) is 25.5. The Morgan fingerprint density at radius 1 is 1.58 bits per heavy atom. The van der Waals surface area contributed by atoms with E-state index >= 15 is 0 Å². The van der Waals surface area contributed by atoms with Crippen LogP contribution in [0.1, 0.15) is 6.92 Å². The van der Waals surface area contributed by atoms with Gasteiger partial charge in [-0.15, -0.1) is 0 Å². The Morgan fingerprint density at radius 3 is 1.92 bits per heavy atom. The monoisotopic (exact) mass is 179 g/mol. The first kappa shape index (κ1) is 13.9. The molecule has 0 aromatic rings. The highest BCUT2D eigenvalue weighted by Gasteiger charge is 1.89. The Hall–Kier alpha value is -0.650. The topological polar surface area (TPSA) is 85.0 Å². The Bertz CT molecular complexity index is 114. The average Bonchev–Trinajstić information content (AvgIpc) is 1.87. The molecule has 0 bridgehead atoms. The molecule has 0 saturated carbocycles. The summed E-state index contributed by atoms with van der Waals surface area (Å²) in [7, 11) is 4.02. The van der Waals surface area contributed by atoms with E-state index in [1.165, 1.54) is 4.90 Å². The van der Waals surface area contributed by atoms with Crippen LogP contribution >= 0.6 is 0 Å². The van der Waals surface area contributed by atoms with E-state index < -0.39 is 12.1 Å². The van der Waals surface area contributed by atoms with Gasteiger partial charge in [0.1, 0.15) is 6.54 Å². The molecule has 0 aromatic heterocycles. The van der Waals surface area contributed by atoms with E-state index in [9.17, 15) is 9.90 Å². The van der Waals surface area contributed by atoms with Crippen molar-refractivity contribution in [3.63, 3.8) is 0 Å². The third-order valence-electron chi connectivity index (χ3n) is 0.953. The lowest BCUT2D eigenvalue weighted by Gasteiger charge is -2.00. The minimum Gasteiger partial charge on any atom is -0.547 e. The number of aliphatic hydroxyl groups excluding tert-OH is 2. The smallest absolute Gasteiger partial charge is 0.100 e. The zero-order valence-electron chi connectivity index (χ0n) is 7.70. The SMILES string of the molecule is CC(O)C(=O)[O-].C[NH+](C)CCO. The van der Waals surface area contributed by atoms with Gasteiger partial charge in [-0.05, 0) is 6.92 Å². The summed E-state index contributed by atoms with van der Waals surface area (Å²) in [4.78, 5) is 10.6. The van der Waals surface area contributed by atoms with E-state index in [-0.39, 0.29) is 0 Å². The number of hydrogen-bond acceptors (Lipinski definition) is 4. The highest BCUT2D eigenvalue weighted by Crippen LogP contribution is 1.69. The quantitative estimate of drug-likeness (QED) is 0.415. The summed E-state index contributed by atoms with van der Waals surface area (Å²) in [6.07, 6.45) is -1.34. The standard InChI is InChI=1S/C4H11NO.C3H6O3/c1-5(2)3-4-6;1-2(4)3(5)6/h6H,3-4H2,1-2H3;2,4H,1H3,(H,5,6). The Morgan fingerprint density at radius 2 is 1.92 bits per heavy atom. The van der Waals surface area contributed by atoms with Crippen molar-refractivity contribution in [3.8, 4) is 0 Å². The lowest BCUT2D eigenvalue weighted by Crippen LogP contribution is -3.06. The minimum atomic E-state index is -1.44. The molecule has 0 aliphatic rings. The van der Waals surface area contributed by atoms with Crippen LogP contribution in [0.15, 0.2) is 0 Å². The van der Waals surface area contributed by atoms with Gasteiger partial charge in [0.15, 0.2) is 0 Å². The van der Waals surface area contributed by atoms with Gasteiger partial charge in [0.2, 0.25) is 0 Å². The van der Waals surface area contributed by atoms with Crippen molar-refractivity contribution in [3.05, 3.63) is 0 Å². The van der Waals surface area contributed by atoms with Crippen molar-refractivity contribution in [2.75, 3.05) is 27.2 Å². The fourth-order valence-corrected chi connectivity index (χ4v) is 0.224. The number of nitrogens with one attached hydrogen (secondary N) is 1. The fraction of sp³-hybridized carbons (Fsp3) is 0.857. The van der Waals surface area contributed by atoms with E-state index in [1.54, 1.807) is 0 Å². The number of hydrogen-bond donors (Lipinski definition) is 3. The van der Waals surface area contributed by atoms with Crippen molar-refractivity contribution in [2.45, 2.75) is 13.0 Å². The van der Waals surface area contributed by atoms with Crippen LogP contribution in [0.5, 0.6) is 0 Å². The van der Waals surface area contributed by atoms with Crippen molar-refractivity contribution in [2.24, 2.45) is 0 Å². The first-order valence-electron chi connectivity index (χ1n) is 3.70. The number of carbonyl (C=O) groups excluding carboxylic acids is 1. The van der Waals surface area contributed by atoms with Crippen molar-refractivity contribution < 1.29 is 25.0 Å². The highest BCUT2D eigenvalue weighted by atomic mass is 16.4. The van der Waals surface area contributed by atoms with Gasteiger partial charge in [0.05, 0.1) is 32.8 Å². The fourth-order valence-electron chi connectivity index (χ4n) is 0.224. The summed E-state index contributed by atoms with van der Waals surface area (Å²) < 4.78 is 0. The molecule has 0 aliphatic carbocycles. The number of carboxylic acids is 1. The molecule has 0 aromatic carbocycles. The molecule has 1 unspecified atom stereocenters. The predicted molar refractivity (Wildman–Crippen MR) is 41.5 cm³/mol. The maximum absolute atomic E-state index is 9.34. The van der Waals surface area contributed by atoms with Crippen molar-refractivity contribution in [1.82, 2.24) is 0 Å². The lowest BCUT2D eigenvalue weighted by atomic mass is 10.4. The van der Waals surface area contributed by atoms with Gasteiger partial charge < -0.3 is 25.0 Å².